The molecule has 2 aromatic rings. The Balaban J connectivity index is 2.31. The molecule has 6 nitrogen and oxygen atoms in total. The van der Waals surface area contributed by atoms with Crippen molar-refractivity contribution in [2.24, 2.45) is 0 Å². The fourth-order valence-corrected chi connectivity index (χ4v) is 1.73. The highest BCUT2D eigenvalue weighted by molar-refractivity contribution is 5.86. The van der Waals surface area contributed by atoms with Crippen LogP contribution in [0.5, 0.6) is 0 Å². The summed E-state index contributed by atoms with van der Waals surface area (Å²) in [4.78, 5) is 15.0. The van der Waals surface area contributed by atoms with Gasteiger partial charge in [0.05, 0.1) is 5.69 Å². The third-order valence-corrected chi connectivity index (χ3v) is 2.75. The van der Waals surface area contributed by atoms with Crippen LogP contribution in [-0.4, -0.2) is 16.1 Å². The number of aromatic carboxylic acids is 1. The normalized spacial score (nSPS) is 9.18. The zero-order valence-electron chi connectivity index (χ0n) is 11.3. The number of carboxylic acids is 1. The number of anilines is 1. The van der Waals surface area contributed by atoms with Gasteiger partial charge in [-0.15, -0.1) is 0 Å². The largest absolute Gasteiger partial charge is 0.477 e. The number of nitrogens with zero attached hydrogens (tertiary/aromatic N) is 3. The fraction of sp³-hybridized carbons (Fsp3) is 0. The molecule has 0 saturated carbocycles. The highest BCUT2D eigenvalue weighted by atomic mass is 16.4. The van der Waals surface area contributed by atoms with E-state index in [0.29, 0.717) is 11.4 Å². The predicted octanol–water partition coefficient (Wildman–Crippen LogP) is 2.79. The van der Waals surface area contributed by atoms with E-state index in [1.165, 1.54) is 12.3 Å². The van der Waals surface area contributed by atoms with Gasteiger partial charge in [-0.1, -0.05) is 18.2 Å². The molecule has 2 N–H and O–H groups in total. The highest BCUT2D eigenvalue weighted by Crippen LogP contribution is 2.21. The van der Waals surface area contributed by atoms with Crippen LogP contribution in [-0.2, 0) is 0 Å². The quantitative estimate of drug-likeness (QED) is 0.838. The first-order valence-corrected chi connectivity index (χ1v) is 6.21. The van der Waals surface area contributed by atoms with Crippen molar-refractivity contribution in [1.29, 1.82) is 10.5 Å². The molecule has 0 fully saturated rings. The monoisotopic (exact) mass is 290 g/mol. The van der Waals surface area contributed by atoms with Crippen molar-refractivity contribution in [2.45, 2.75) is 0 Å². The number of nitrogens with one attached hydrogen (secondary N) is 1. The molecule has 0 unspecified atom stereocenters. The minimum atomic E-state index is -1.09. The molecule has 2 rings (SSSR count). The number of pyridine rings is 1. The number of nitriles is 2. The van der Waals surface area contributed by atoms with Crippen molar-refractivity contribution >= 4 is 11.7 Å². The first-order valence-electron chi connectivity index (χ1n) is 6.21. The van der Waals surface area contributed by atoms with Crippen LogP contribution in [0.1, 0.15) is 10.5 Å². The lowest BCUT2D eigenvalue weighted by atomic mass is 10.1. The van der Waals surface area contributed by atoms with Crippen molar-refractivity contribution in [3.8, 4) is 23.4 Å². The Labute approximate surface area is 126 Å². The first-order chi connectivity index (χ1) is 10.6. The van der Waals surface area contributed by atoms with Crippen LogP contribution in [0.4, 0.5) is 5.69 Å². The first kappa shape index (κ1) is 14.8. The number of aromatic nitrogens is 1. The van der Waals surface area contributed by atoms with Crippen molar-refractivity contribution < 1.29 is 9.90 Å². The van der Waals surface area contributed by atoms with Crippen molar-refractivity contribution in [1.82, 2.24) is 4.98 Å². The maximum Gasteiger partial charge on any atom is 0.354 e. The van der Waals surface area contributed by atoms with Crippen LogP contribution < -0.4 is 5.32 Å². The van der Waals surface area contributed by atoms with Gasteiger partial charge in [-0.05, 0) is 24.3 Å². The molecule has 22 heavy (non-hydrogen) atoms. The third kappa shape index (κ3) is 3.47. The summed E-state index contributed by atoms with van der Waals surface area (Å²) in [6.45, 7) is 0. The van der Waals surface area contributed by atoms with Crippen LogP contribution in [0.15, 0.2) is 54.2 Å². The Morgan fingerprint density at radius 2 is 1.91 bits per heavy atom. The molecule has 0 aliphatic rings. The van der Waals surface area contributed by atoms with Crippen molar-refractivity contribution in [2.75, 3.05) is 5.32 Å². The van der Waals surface area contributed by atoms with Crippen LogP contribution >= 0.6 is 0 Å². The summed E-state index contributed by atoms with van der Waals surface area (Å²) in [5.74, 6) is -1.09. The van der Waals surface area contributed by atoms with Gasteiger partial charge in [0.1, 0.15) is 23.4 Å². The molecular weight excluding hydrogens is 280 g/mol. The molecule has 0 atom stereocenters. The second-order valence-electron chi connectivity index (χ2n) is 4.22. The molecular formula is C16H10N4O2. The lowest BCUT2D eigenvalue weighted by molar-refractivity contribution is 0.0690. The van der Waals surface area contributed by atoms with Crippen molar-refractivity contribution in [3.63, 3.8) is 0 Å². The smallest absolute Gasteiger partial charge is 0.354 e. The van der Waals surface area contributed by atoms with E-state index in [2.05, 4.69) is 10.3 Å². The molecule has 0 aliphatic carbocycles. The Morgan fingerprint density at radius 3 is 2.59 bits per heavy atom. The Morgan fingerprint density at radius 1 is 1.18 bits per heavy atom. The fourth-order valence-electron chi connectivity index (χ4n) is 1.73. The van der Waals surface area contributed by atoms with Crippen LogP contribution in [0.25, 0.3) is 11.3 Å². The summed E-state index contributed by atoms with van der Waals surface area (Å²) in [7, 11) is 0. The van der Waals surface area contributed by atoms with Gasteiger partial charge < -0.3 is 10.4 Å². The predicted molar refractivity (Wildman–Crippen MR) is 79.6 cm³/mol. The molecule has 0 aliphatic heterocycles. The molecule has 0 spiro atoms. The van der Waals surface area contributed by atoms with Gasteiger partial charge in [0, 0.05) is 17.5 Å². The topological polar surface area (TPSA) is 110 Å². The molecule has 0 saturated heterocycles. The molecule has 1 aromatic carbocycles. The van der Waals surface area contributed by atoms with E-state index in [1.54, 1.807) is 48.5 Å². The van der Waals surface area contributed by atoms with Gasteiger partial charge in [-0.2, -0.15) is 10.5 Å². The molecule has 1 heterocycles. The number of carbonyl (C=O) groups is 1. The number of benzene rings is 1. The SMILES string of the molecule is N#CC(C#N)=CNc1cccc(-c2cccc(C(=O)O)n2)c1. The van der Waals surface area contributed by atoms with Gasteiger partial charge >= 0.3 is 5.97 Å². The van der Waals surface area contributed by atoms with Gasteiger partial charge in [0.25, 0.3) is 0 Å². The molecule has 0 amide bonds. The van der Waals surface area contributed by atoms with E-state index in [1.807, 2.05) is 0 Å². The van der Waals surface area contributed by atoms with Gasteiger partial charge in [-0.3, -0.25) is 0 Å². The summed E-state index contributed by atoms with van der Waals surface area (Å²) >= 11 is 0. The standard InChI is InChI=1S/C16H10N4O2/c17-8-11(9-18)10-19-13-4-1-3-12(7-13)14-5-2-6-15(20-14)16(21)22/h1-7,10,19H,(H,21,22). The number of hydrogen-bond acceptors (Lipinski definition) is 5. The molecule has 106 valence electrons. The second kappa shape index (κ2) is 6.69. The minimum absolute atomic E-state index is 0.0352. The zero-order chi connectivity index (χ0) is 15.9. The highest BCUT2D eigenvalue weighted by Gasteiger charge is 2.07. The summed E-state index contributed by atoms with van der Waals surface area (Å²) in [6, 6.07) is 15.3. The molecule has 0 bridgehead atoms. The van der Waals surface area contributed by atoms with E-state index in [4.69, 9.17) is 15.6 Å². The summed E-state index contributed by atoms with van der Waals surface area (Å²) < 4.78 is 0. The second-order valence-corrected chi connectivity index (χ2v) is 4.22. The van der Waals surface area contributed by atoms with Crippen LogP contribution in [0.2, 0.25) is 0 Å². The lowest BCUT2D eigenvalue weighted by Crippen LogP contribution is -2.00. The average molecular weight is 290 g/mol. The Kier molecular flexibility index (Phi) is 4.49. The Bertz CT molecular complexity index is 813. The summed E-state index contributed by atoms with van der Waals surface area (Å²) in [6.07, 6.45) is 1.31. The third-order valence-electron chi connectivity index (χ3n) is 2.75. The average Bonchev–Trinajstić information content (AvgIpc) is 2.56. The van der Waals surface area contributed by atoms with Crippen LogP contribution in [0, 0.1) is 22.7 Å². The number of hydrogen-bond donors (Lipinski definition) is 2. The van der Waals surface area contributed by atoms with E-state index in [9.17, 15) is 4.79 Å². The van der Waals surface area contributed by atoms with Gasteiger partial charge in [0.15, 0.2) is 0 Å². The molecule has 1 aromatic heterocycles. The maximum atomic E-state index is 11.0. The zero-order valence-corrected chi connectivity index (χ0v) is 11.3. The van der Waals surface area contributed by atoms with E-state index < -0.39 is 5.97 Å². The van der Waals surface area contributed by atoms with Crippen molar-refractivity contribution in [3.05, 3.63) is 59.9 Å². The maximum absolute atomic E-state index is 11.0. The van der Waals surface area contributed by atoms with Gasteiger partial charge in [-0.25, -0.2) is 9.78 Å². The van der Waals surface area contributed by atoms with Gasteiger partial charge in [0.2, 0.25) is 0 Å². The van der Waals surface area contributed by atoms with Crippen LogP contribution in [0.3, 0.4) is 0 Å². The van der Waals surface area contributed by atoms with E-state index in [-0.39, 0.29) is 11.3 Å². The summed E-state index contributed by atoms with van der Waals surface area (Å²) in [5, 5.41) is 29.2. The molecule has 6 heteroatoms. The number of allylic oxidation sites excluding steroid dienone is 1. The summed E-state index contributed by atoms with van der Waals surface area (Å²) in [5.41, 5.74) is 1.82. The van der Waals surface area contributed by atoms with E-state index in [0.717, 1.165) is 5.56 Å². The molecule has 0 radical (unpaired) electrons. The number of carboxylic acid groups (broad SMARTS) is 1. The minimum Gasteiger partial charge on any atom is -0.477 e. The van der Waals surface area contributed by atoms with E-state index >= 15 is 0 Å². The Hall–Kier alpha value is -3.64. The lowest BCUT2D eigenvalue weighted by Gasteiger charge is -2.05. The number of rotatable bonds is 4.